The first kappa shape index (κ1) is 56.4. The number of hydrogen-bond acceptors (Lipinski definition) is 15. The number of carbonyl (C=O) groups excluding carboxylic acids is 5. The van der Waals surface area contributed by atoms with Crippen LogP contribution in [0.1, 0.15) is 118 Å². The van der Waals surface area contributed by atoms with Crippen LogP contribution in [0.25, 0.3) is 0 Å². The number of rotatable bonds is 9. The lowest BCUT2D eigenvalue weighted by atomic mass is 9.82. The Labute approximate surface area is 409 Å². The Bertz CT molecular complexity index is 1800. The second-order valence-corrected chi connectivity index (χ2v) is 20.7. The topological polar surface area (TPSA) is 222 Å². The number of aliphatic hydroxyl groups excluding tert-OH is 2. The van der Waals surface area contributed by atoms with Crippen LogP contribution in [-0.2, 0) is 42.9 Å². The van der Waals surface area contributed by atoms with Crippen molar-refractivity contribution in [1.82, 2.24) is 14.7 Å². The lowest BCUT2D eigenvalue weighted by molar-refractivity contribution is -0.208. The minimum atomic E-state index is -3.07. The van der Waals surface area contributed by atoms with Crippen LogP contribution in [0.5, 0.6) is 0 Å². The lowest BCUT2D eigenvalue weighted by Crippen LogP contribution is -2.63. The SMILES string of the molecule is CO[C@@H]1C[C@@H](OC)C[C@@H](C)C/C(C)=C/[C@@H](C/C=C/CO)C(=O)C[C@H](O)[C@@H](C)[C@@H](/C(C)=C/C2CCC(OC(=O)N3CC(N4CCOCC4)C3)CC2)OC(=O)[C@@H]2CCCCN2C(=O)C(=O)C(O)(O)[C@H](C)C1. The van der Waals surface area contributed by atoms with E-state index < -0.39 is 65.6 Å². The molecule has 5 aliphatic rings. The molecule has 5 rings (SSSR count). The number of Topliss-reactive ketones (excluding diaryl/α,β-unsaturated/α-hetero) is 2. The number of cyclic esters (lactones) is 1. The van der Waals surface area contributed by atoms with Crippen LogP contribution in [0.4, 0.5) is 4.79 Å². The average Bonchev–Trinajstić information content (AvgIpc) is 3.31. The summed E-state index contributed by atoms with van der Waals surface area (Å²) >= 11 is 0. The third-order valence-corrected chi connectivity index (χ3v) is 15.3. The first-order chi connectivity index (χ1) is 32.9. The molecule has 0 unspecified atom stereocenters. The number of esters is 1. The van der Waals surface area contributed by atoms with Gasteiger partial charge in [-0.05, 0) is 108 Å². The van der Waals surface area contributed by atoms with Gasteiger partial charge in [-0.3, -0.25) is 19.3 Å². The molecule has 4 heterocycles. The molecule has 9 atom stereocenters. The number of ether oxygens (including phenoxy) is 5. The molecule has 0 spiro atoms. The van der Waals surface area contributed by atoms with Crippen molar-refractivity contribution >= 4 is 29.5 Å². The molecule has 390 valence electrons. The van der Waals surface area contributed by atoms with E-state index in [1.807, 2.05) is 26.0 Å². The standard InChI is InChI=1S/C52H83N3O14/c1-33-24-34(2)26-42(65-6)29-43(66-7)28-36(4)52(63,64)48(59)49(60)55-18-10-8-13-44(55)50(61)69-47(37(5)45(57)30-46(58)39(25-33)12-9-11-21-56)35(3)27-38-14-16-41(17-15-38)68-51(62)54-31-40(32-54)53-19-22-67-23-20-53/h9,11,25,27,34,36-45,47,56-57,63-64H,8,10,12-24,26,28-32H2,1-7H3/b11-9+,33-25+,35-27+/t34-,36+,37+,38?,39+,41?,42-,43-,44-,45-,47+/m0/s1. The van der Waals surface area contributed by atoms with Gasteiger partial charge in [-0.15, -0.1) is 0 Å². The van der Waals surface area contributed by atoms with Crippen LogP contribution < -0.4 is 0 Å². The van der Waals surface area contributed by atoms with E-state index >= 15 is 0 Å². The number of fused-ring (bicyclic) bond motifs is 1. The second kappa shape index (κ2) is 26.8. The van der Waals surface area contributed by atoms with Crippen LogP contribution in [0, 0.1) is 29.6 Å². The highest BCUT2D eigenvalue weighted by molar-refractivity contribution is 6.39. The number of carbonyl (C=O) groups is 5. The van der Waals surface area contributed by atoms with Crippen LogP contribution in [0.15, 0.2) is 35.5 Å². The fourth-order valence-electron chi connectivity index (χ4n) is 10.9. The Kier molecular flexibility index (Phi) is 21.9. The van der Waals surface area contributed by atoms with Gasteiger partial charge in [-0.2, -0.15) is 0 Å². The number of morpholine rings is 1. The first-order valence-corrected chi connectivity index (χ1v) is 25.5. The van der Waals surface area contributed by atoms with E-state index in [2.05, 4.69) is 11.8 Å². The van der Waals surface area contributed by atoms with Gasteiger partial charge in [0.2, 0.25) is 5.79 Å². The summed E-state index contributed by atoms with van der Waals surface area (Å²) in [5.41, 5.74) is 1.60. The number of nitrogens with zero attached hydrogens (tertiary/aromatic N) is 3. The van der Waals surface area contributed by atoms with E-state index in [4.69, 9.17) is 23.7 Å². The zero-order valence-electron chi connectivity index (χ0n) is 42.3. The van der Waals surface area contributed by atoms with Crippen LogP contribution in [-0.4, -0.2) is 180 Å². The minimum absolute atomic E-state index is 0.00838. The smallest absolute Gasteiger partial charge is 0.410 e. The van der Waals surface area contributed by atoms with Crippen molar-refractivity contribution in [3.63, 3.8) is 0 Å². The fraction of sp³-hybridized carbons (Fsp3) is 0.788. The predicted octanol–water partition coefficient (Wildman–Crippen LogP) is 4.52. The Balaban J connectivity index is 1.38. The molecule has 2 amide bonds. The number of allylic oxidation sites excluding steroid dienone is 4. The predicted molar refractivity (Wildman–Crippen MR) is 256 cm³/mol. The summed E-state index contributed by atoms with van der Waals surface area (Å²) in [7, 11) is 3.08. The van der Waals surface area contributed by atoms with Crippen LogP contribution in [0.3, 0.4) is 0 Å². The minimum Gasteiger partial charge on any atom is -0.456 e. The molecule has 17 nitrogen and oxygen atoms in total. The zero-order chi connectivity index (χ0) is 50.4. The van der Waals surface area contributed by atoms with Crippen molar-refractivity contribution in [2.45, 2.75) is 166 Å². The molecule has 4 aliphatic heterocycles. The number of aliphatic hydroxyl groups is 4. The second-order valence-electron chi connectivity index (χ2n) is 20.7. The maximum Gasteiger partial charge on any atom is 0.410 e. The summed E-state index contributed by atoms with van der Waals surface area (Å²) in [5, 5.41) is 44.1. The van der Waals surface area contributed by atoms with Gasteiger partial charge in [0, 0.05) is 77.2 Å². The van der Waals surface area contributed by atoms with Crippen molar-refractivity contribution in [2.75, 3.05) is 66.8 Å². The normalized spacial score (nSPS) is 34.9. The van der Waals surface area contributed by atoms with Crippen LogP contribution >= 0.6 is 0 Å². The largest absolute Gasteiger partial charge is 0.456 e. The third kappa shape index (κ3) is 15.7. The van der Waals surface area contributed by atoms with Crippen molar-refractivity contribution in [2.24, 2.45) is 29.6 Å². The van der Waals surface area contributed by atoms with Gasteiger partial charge in [0.1, 0.15) is 24.0 Å². The highest BCUT2D eigenvalue weighted by Gasteiger charge is 2.49. The molecule has 4 N–H and O–H groups in total. The third-order valence-electron chi connectivity index (χ3n) is 15.3. The Hall–Kier alpha value is -3.55. The highest BCUT2D eigenvalue weighted by atomic mass is 16.6. The Morgan fingerprint density at radius 1 is 0.870 bits per heavy atom. The summed E-state index contributed by atoms with van der Waals surface area (Å²) < 4.78 is 29.3. The Morgan fingerprint density at radius 2 is 1.54 bits per heavy atom. The fourth-order valence-corrected chi connectivity index (χ4v) is 10.9. The van der Waals surface area contributed by atoms with E-state index in [1.54, 1.807) is 31.1 Å². The summed E-state index contributed by atoms with van der Waals surface area (Å²) in [6, 6.07) is -0.903. The van der Waals surface area contributed by atoms with Crippen LogP contribution in [0.2, 0.25) is 0 Å². The Morgan fingerprint density at radius 3 is 2.19 bits per heavy atom. The van der Waals surface area contributed by atoms with E-state index in [1.165, 1.54) is 14.0 Å². The summed E-state index contributed by atoms with van der Waals surface area (Å²) in [6.45, 7) is 13.3. The van der Waals surface area contributed by atoms with Crippen molar-refractivity contribution in [1.29, 1.82) is 0 Å². The van der Waals surface area contributed by atoms with E-state index in [9.17, 15) is 44.4 Å². The lowest BCUT2D eigenvalue weighted by Gasteiger charge is -2.46. The molecule has 17 heteroatoms. The van der Waals surface area contributed by atoms with Gasteiger partial charge in [-0.1, -0.05) is 50.6 Å². The number of amides is 2. The quantitative estimate of drug-likeness (QED) is 0.108. The molecule has 1 saturated carbocycles. The van der Waals surface area contributed by atoms with Gasteiger partial charge in [0.25, 0.3) is 11.7 Å². The van der Waals surface area contributed by atoms with E-state index in [0.29, 0.717) is 102 Å². The molecule has 0 aromatic heterocycles. The van der Waals surface area contributed by atoms with Gasteiger partial charge >= 0.3 is 12.1 Å². The molecule has 0 bridgehead atoms. The number of methoxy groups -OCH3 is 2. The summed E-state index contributed by atoms with van der Waals surface area (Å²) in [6.07, 6.45) is 9.09. The summed E-state index contributed by atoms with van der Waals surface area (Å²) in [5.74, 6) is -9.18. The van der Waals surface area contributed by atoms with Gasteiger partial charge in [0.15, 0.2) is 0 Å². The first-order valence-electron chi connectivity index (χ1n) is 25.5. The van der Waals surface area contributed by atoms with Gasteiger partial charge in [0.05, 0.1) is 38.1 Å². The monoisotopic (exact) mass is 974 g/mol. The molecule has 1 aliphatic carbocycles. The molecule has 0 radical (unpaired) electrons. The number of piperidine rings is 1. The van der Waals surface area contributed by atoms with Crippen molar-refractivity contribution < 1.29 is 68.1 Å². The molecular formula is C52H83N3O14. The molecular weight excluding hydrogens is 891 g/mol. The van der Waals surface area contributed by atoms with E-state index in [-0.39, 0.29) is 68.3 Å². The highest BCUT2D eigenvalue weighted by Crippen LogP contribution is 2.34. The maximum absolute atomic E-state index is 14.4. The molecule has 0 aromatic carbocycles. The number of hydrogen-bond donors (Lipinski definition) is 4. The number of likely N-dealkylation sites (tertiary alicyclic amines) is 1. The maximum atomic E-state index is 14.4. The molecule has 0 aromatic rings. The summed E-state index contributed by atoms with van der Waals surface area (Å²) in [4.78, 5) is 74.6. The van der Waals surface area contributed by atoms with E-state index in [0.717, 1.165) is 23.6 Å². The molecule has 3 saturated heterocycles. The molecule has 4 fully saturated rings. The molecule has 69 heavy (non-hydrogen) atoms. The average molecular weight is 974 g/mol. The van der Waals surface area contributed by atoms with Crippen molar-refractivity contribution in [3.8, 4) is 0 Å². The van der Waals surface area contributed by atoms with Gasteiger partial charge < -0.3 is 53.9 Å². The van der Waals surface area contributed by atoms with Gasteiger partial charge in [-0.25, -0.2) is 9.59 Å². The zero-order valence-corrected chi connectivity index (χ0v) is 42.3. The van der Waals surface area contributed by atoms with Crippen molar-refractivity contribution in [3.05, 3.63) is 35.5 Å². The number of ketones is 2.